The molecule has 2 heterocycles. The van der Waals surface area contributed by atoms with Gasteiger partial charge in [0.1, 0.15) is 12.4 Å². The van der Waals surface area contributed by atoms with Crippen molar-refractivity contribution >= 4 is 12.0 Å². The Morgan fingerprint density at radius 2 is 2.00 bits per heavy atom. The summed E-state index contributed by atoms with van der Waals surface area (Å²) >= 11 is 0. The summed E-state index contributed by atoms with van der Waals surface area (Å²) in [5, 5.41) is 0. The molecule has 136 valence electrons. The predicted molar refractivity (Wildman–Crippen MR) is 99.3 cm³/mol. The van der Waals surface area contributed by atoms with E-state index in [0.717, 1.165) is 11.3 Å². The quantitative estimate of drug-likeness (QED) is 0.464. The fourth-order valence-electron chi connectivity index (χ4n) is 4.63. The van der Waals surface area contributed by atoms with E-state index in [0.29, 0.717) is 18.6 Å². The van der Waals surface area contributed by atoms with Crippen LogP contribution in [0.4, 0.5) is 0 Å². The molecule has 0 radical (unpaired) electrons. The van der Waals surface area contributed by atoms with Crippen molar-refractivity contribution in [2.45, 2.75) is 38.1 Å². The molecule has 1 aromatic carbocycles. The lowest BCUT2D eigenvalue weighted by Crippen LogP contribution is -2.61. The van der Waals surface area contributed by atoms with Crippen LogP contribution in [0.25, 0.3) is 6.08 Å². The first-order valence-corrected chi connectivity index (χ1v) is 9.44. The molecule has 2 fully saturated rings. The summed E-state index contributed by atoms with van der Waals surface area (Å²) < 4.78 is 12.1. The van der Waals surface area contributed by atoms with Crippen molar-refractivity contribution < 1.29 is 18.8 Å². The van der Waals surface area contributed by atoms with Gasteiger partial charge in [-0.3, -0.25) is 0 Å². The van der Waals surface area contributed by atoms with E-state index >= 15 is 0 Å². The number of esters is 1. The number of ether oxygens (including phenoxy) is 2. The van der Waals surface area contributed by atoms with Gasteiger partial charge in [-0.2, -0.15) is 0 Å². The Morgan fingerprint density at radius 3 is 2.84 bits per heavy atom. The van der Waals surface area contributed by atoms with Gasteiger partial charge in [-0.1, -0.05) is 18.2 Å². The lowest BCUT2D eigenvalue weighted by atomic mass is 9.82. The Kier molecular flexibility index (Phi) is 5.79. The third kappa shape index (κ3) is 4.24. The number of rotatable bonds is 5. The highest BCUT2D eigenvalue weighted by atomic mass is 16.5. The number of piperidine rings is 2. The zero-order valence-corrected chi connectivity index (χ0v) is 15.4. The number of fused-ring (bicyclic) bond motifs is 1. The summed E-state index contributed by atoms with van der Waals surface area (Å²) in [5.74, 6) is 0.998. The van der Waals surface area contributed by atoms with E-state index in [1.54, 1.807) is 13.2 Å². The van der Waals surface area contributed by atoms with Crippen molar-refractivity contribution in [3.8, 4) is 5.75 Å². The minimum atomic E-state index is -0.263. The highest BCUT2D eigenvalue weighted by Gasteiger charge is 2.43. The van der Waals surface area contributed by atoms with Crippen LogP contribution < -0.4 is 4.74 Å². The van der Waals surface area contributed by atoms with Crippen molar-refractivity contribution in [2.24, 2.45) is 5.92 Å². The number of hydrogen-bond acceptors (Lipinski definition) is 3. The van der Waals surface area contributed by atoms with Gasteiger partial charge in [0.2, 0.25) is 0 Å². The Labute approximate surface area is 151 Å². The van der Waals surface area contributed by atoms with Crippen molar-refractivity contribution in [2.75, 3.05) is 33.9 Å². The number of quaternary nitrogens is 1. The third-order valence-electron chi connectivity index (χ3n) is 5.99. The first-order valence-electron chi connectivity index (χ1n) is 9.44. The molecule has 0 N–H and O–H groups in total. The van der Waals surface area contributed by atoms with Crippen LogP contribution in [-0.2, 0) is 9.53 Å². The van der Waals surface area contributed by atoms with Gasteiger partial charge in [0.25, 0.3) is 0 Å². The summed E-state index contributed by atoms with van der Waals surface area (Å²) in [5.41, 5.74) is 0.885. The maximum atomic E-state index is 12.1. The van der Waals surface area contributed by atoms with E-state index in [9.17, 15) is 4.79 Å². The normalized spacial score (nSPS) is 29.2. The second-order valence-electron chi connectivity index (χ2n) is 7.60. The van der Waals surface area contributed by atoms with Crippen LogP contribution in [0.5, 0.6) is 5.75 Å². The lowest BCUT2D eigenvalue weighted by Gasteiger charge is -2.51. The summed E-state index contributed by atoms with van der Waals surface area (Å²) in [6, 6.07) is 8.31. The molecule has 2 aliphatic heterocycles. The zero-order valence-electron chi connectivity index (χ0n) is 15.4. The van der Waals surface area contributed by atoms with E-state index in [1.165, 1.54) is 55.8 Å². The minimum absolute atomic E-state index is 0.263. The minimum Gasteiger partial charge on any atom is -0.496 e. The molecule has 0 bridgehead atoms. The van der Waals surface area contributed by atoms with Gasteiger partial charge in [-0.05, 0) is 37.8 Å². The maximum Gasteiger partial charge on any atom is 0.330 e. The van der Waals surface area contributed by atoms with Gasteiger partial charge in [0.15, 0.2) is 0 Å². The topological polar surface area (TPSA) is 35.5 Å². The van der Waals surface area contributed by atoms with Crippen LogP contribution in [-0.4, -0.2) is 50.3 Å². The number of carbonyl (C=O) groups is 1. The second kappa shape index (κ2) is 8.05. The smallest absolute Gasteiger partial charge is 0.330 e. The summed E-state index contributed by atoms with van der Waals surface area (Å²) in [7, 11) is 4.02. The molecule has 0 spiro atoms. The molecule has 1 aromatic rings. The fourth-order valence-corrected chi connectivity index (χ4v) is 4.63. The van der Waals surface area contributed by atoms with Crippen LogP contribution in [0.15, 0.2) is 30.3 Å². The number of hydrogen-bond donors (Lipinski definition) is 0. The molecule has 1 unspecified atom stereocenters. The maximum absolute atomic E-state index is 12.1. The van der Waals surface area contributed by atoms with E-state index in [4.69, 9.17) is 9.47 Å². The molecule has 0 amide bonds. The van der Waals surface area contributed by atoms with E-state index < -0.39 is 0 Å². The molecule has 2 saturated heterocycles. The summed E-state index contributed by atoms with van der Waals surface area (Å²) in [6.07, 6.45) is 9.63. The van der Waals surface area contributed by atoms with Crippen molar-refractivity contribution in [3.05, 3.63) is 35.9 Å². The van der Waals surface area contributed by atoms with Crippen LogP contribution in [0.2, 0.25) is 0 Å². The predicted octanol–water partition coefficient (Wildman–Crippen LogP) is 3.66. The second-order valence-corrected chi connectivity index (χ2v) is 7.60. The summed E-state index contributed by atoms with van der Waals surface area (Å²) in [4.78, 5) is 12.1. The molecule has 3 atom stereocenters. The van der Waals surface area contributed by atoms with Crippen molar-refractivity contribution in [3.63, 3.8) is 0 Å². The summed E-state index contributed by atoms with van der Waals surface area (Å²) in [6.45, 7) is 3.11. The van der Waals surface area contributed by atoms with Gasteiger partial charge in [-0.15, -0.1) is 0 Å². The van der Waals surface area contributed by atoms with Gasteiger partial charge >= 0.3 is 5.97 Å². The number of nitrogens with zero attached hydrogens (tertiary/aromatic N) is 1. The number of methoxy groups -OCH3 is 1. The SMILES string of the molecule is COc1ccccc1C=CC(=O)OC[C@@H]1CCC[N+]2(C)CCCC[C@H]12. The zero-order chi connectivity index (χ0) is 17.7. The van der Waals surface area contributed by atoms with Crippen molar-refractivity contribution in [1.82, 2.24) is 0 Å². The van der Waals surface area contributed by atoms with Gasteiger partial charge < -0.3 is 14.0 Å². The molecule has 3 rings (SSSR count). The Hall–Kier alpha value is -1.81. The Balaban J connectivity index is 1.56. The third-order valence-corrected chi connectivity index (χ3v) is 5.99. The van der Waals surface area contributed by atoms with Crippen LogP contribution in [0, 0.1) is 5.92 Å². The first kappa shape index (κ1) is 18.0. The largest absolute Gasteiger partial charge is 0.496 e. The fraction of sp³-hybridized carbons (Fsp3) is 0.571. The van der Waals surface area contributed by atoms with Crippen LogP contribution in [0.1, 0.15) is 37.7 Å². The lowest BCUT2D eigenvalue weighted by molar-refractivity contribution is -0.947. The average Bonchev–Trinajstić information content (AvgIpc) is 2.64. The molecular formula is C21H30NO3+. The van der Waals surface area contributed by atoms with Gasteiger partial charge in [0.05, 0.1) is 33.3 Å². The van der Waals surface area contributed by atoms with E-state index in [2.05, 4.69) is 7.05 Å². The van der Waals surface area contributed by atoms with Gasteiger partial charge in [-0.25, -0.2) is 4.79 Å². The average molecular weight is 344 g/mol. The Morgan fingerprint density at radius 1 is 1.20 bits per heavy atom. The van der Waals surface area contributed by atoms with Crippen LogP contribution in [0.3, 0.4) is 0 Å². The van der Waals surface area contributed by atoms with E-state index in [-0.39, 0.29) is 5.97 Å². The molecule has 4 nitrogen and oxygen atoms in total. The number of carbonyl (C=O) groups excluding carboxylic acids is 1. The standard InChI is InChI=1S/C21H30NO3/c1-22-14-6-5-10-19(22)18(9-7-15-22)16-25-21(23)13-12-17-8-3-4-11-20(17)24-2/h3-4,8,11-13,18-19H,5-7,9-10,14-16H2,1-2H3/q+1/t18-,19+,22?/m0/s1. The number of para-hydroxylation sites is 1. The van der Waals surface area contributed by atoms with Crippen molar-refractivity contribution in [1.29, 1.82) is 0 Å². The first-order chi connectivity index (χ1) is 12.1. The van der Waals surface area contributed by atoms with Crippen LogP contribution >= 0.6 is 0 Å². The number of benzene rings is 1. The molecule has 2 aliphatic rings. The van der Waals surface area contributed by atoms with E-state index in [1.807, 2.05) is 24.3 Å². The Bertz CT molecular complexity index is 623. The molecule has 4 heteroatoms. The molecule has 0 aromatic heterocycles. The molecule has 0 aliphatic carbocycles. The highest BCUT2D eigenvalue weighted by Crippen LogP contribution is 2.36. The molecular weight excluding hydrogens is 314 g/mol. The molecule has 0 saturated carbocycles. The van der Waals surface area contributed by atoms with Gasteiger partial charge in [0, 0.05) is 24.0 Å². The monoisotopic (exact) mass is 344 g/mol. The molecule has 25 heavy (non-hydrogen) atoms. The highest BCUT2D eigenvalue weighted by molar-refractivity contribution is 5.87.